The second kappa shape index (κ2) is 12.7. The van der Waals surface area contributed by atoms with Crippen molar-refractivity contribution < 1.29 is 34.6 Å². The molecule has 1 aliphatic heterocycles. The molecule has 0 saturated heterocycles. The van der Waals surface area contributed by atoms with Crippen LogP contribution in [0.1, 0.15) is 5.56 Å². The van der Waals surface area contributed by atoms with Gasteiger partial charge in [0.2, 0.25) is 11.0 Å². The van der Waals surface area contributed by atoms with Gasteiger partial charge in [-0.15, -0.1) is 0 Å². The van der Waals surface area contributed by atoms with Crippen LogP contribution in [0.3, 0.4) is 0 Å². The fourth-order valence-corrected chi connectivity index (χ4v) is 7.97. The molecule has 2 aliphatic rings. The molecule has 1 unspecified atom stereocenters. The van der Waals surface area contributed by atoms with Crippen LogP contribution in [0.25, 0.3) is 33.4 Å². The number of rotatable bonds is 8. The molecule has 0 spiro atoms. The Morgan fingerprint density at radius 3 is 2.19 bits per heavy atom. The fourth-order valence-electron chi connectivity index (χ4n) is 5.88. The third-order valence-corrected chi connectivity index (χ3v) is 10.7. The summed E-state index contributed by atoms with van der Waals surface area (Å²) in [6.07, 6.45) is 1.14. The molecule has 0 N–H and O–H groups in total. The first-order chi connectivity index (χ1) is 22.7. The third-order valence-electron chi connectivity index (χ3n) is 8.14. The molecule has 1 atom stereocenters. The molecule has 48 heavy (non-hydrogen) atoms. The zero-order chi connectivity index (χ0) is 34.4. The maximum atomic E-state index is 12.6. The Bertz CT molecular complexity index is 2510. The molecule has 0 fully saturated rings. The molecule has 0 amide bonds. The molecular formula is C35H29N2O8S3-. The predicted molar refractivity (Wildman–Crippen MR) is 184 cm³/mol. The average Bonchev–Trinajstić information content (AvgIpc) is 3.05. The van der Waals surface area contributed by atoms with E-state index in [1.54, 1.807) is 110 Å². The topological polar surface area (TPSA) is 151 Å². The van der Waals surface area contributed by atoms with Crippen molar-refractivity contribution in [2.45, 2.75) is 15.5 Å². The van der Waals surface area contributed by atoms with Crippen molar-refractivity contribution in [3.8, 4) is 22.5 Å². The van der Waals surface area contributed by atoms with Gasteiger partial charge >= 0.3 is 0 Å². The van der Waals surface area contributed by atoms with E-state index in [2.05, 4.69) is 0 Å². The van der Waals surface area contributed by atoms with Crippen LogP contribution in [-0.2, 0) is 36.8 Å². The summed E-state index contributed by atoms with van der Waals surface area (Å²) in [5.74, 6) is 0.188. The molecule has 1 heterocycles. The van der Waals surface area contributed by atoms with Gasteiger partial charge in [-0.2, -0.15) is 4.58 Å². The van der Waals surface area contributed by atoms with Crippen molar-refractivity contribution in [1.29, 1.82) is 0 Å². The standard InChI is InChI=1S/C35H30N2O8S3/c1-36(29-12-6-4-10-23(29)22-46(38)39)24-16-18-26-31(20-24)45-32-21-25(37(2)30-13-7-9-15-34(30)47(3,40)41)17-19-27(32)35(26)28-11-5-8-14-33(28)48(42,43)44/h4-21H,22H2,1-3H3,(H-,38,39,42,43,44)/p-1. The monoisotopic (exact) mass is 701 g/mol. The van der Waals surface area contributed by atoms with Gasteiger partial charge in [0, 0.05) is 70.6 Å². The quantitative estimate of drug-likeness (QED) is 0.0880. The lowest BCUT2D eigenvalue weighted by atomic mass is 9.93. The maximum absolute atomic E-state index is 12.6. The number of fused-ring (bicyclic) bond motifs is 2. The summed E-state index contributed by atoms with van der Waals surface area (Å²) in [6.45, 7) is 0. The number of benzene rings is 5. The van der Waals surface area contributed by atoms with Crippen LogP contribution in [0.5, 0.6) is 0 Å². The number of sulfone groups is 1. The first-order valence-electron chi connectivity index (χ1n) is 14.5. The lowest BCUT2D eigenvalue weighted by Gasteiger charge is -2.23. The van der Waals surface area contributed by atoms with Gasteiger partial charge < -0.3 is 18.4 Å². The summed E-state index contributed by atoms with van der Waals surface area (Å²) in [4.78, 5) is 1.47. The number of para-hydroxylation sites is 2. The molecule has 0 radical (unpaired) electrons. The van der Waals surface area contributed by atoms with Gasteiger partial charge in [0.1, 0.15) is 28.5 Å². The third kappa shape index (κ3) is 6.42. The number of nitrogens with zero attached hydrogens (tertiary/aromatic N) is 2. The molecule has 13 heteroatoms. The van der Waals surface area contributed by atoms with Gasteiger partial charge in [-0.05, 0) is 36.4 Å². The van der Waals surface area contributed by atoms with E-state index in [1.807, 2.05) is 4.58 Å². The van der Waals surface area contributed by atoms with E-state index in [0.29, 0.717) is 55.8 Å². The van der Waals surface area contributed by atoms with Crippen LogP contribution in [-0.4, -0.2) is 50.5 Å². The van der Waals surface area contributed by atoms with E-state index < -0.39 is 31.0 Å². The van der Waals surface area contributed by atoms with Crippen LogP contribution < -0.4 is 14.8 Å². The van der Waals surface area contributed by atoms with Gasteiger partial charge in [0.05, 0.1) is 21.5 Å². The molecule has 0 bridgehead atoms. The zero-order valence-electron chi connectivity index (χ0n) is 26.0. The van der Waals surface area contributed by atoms with Crippen molar-refractivity contribution in [3.05, 3.63) is 120 Å². The first kappa shape index (κ1) is 33.2. The van der Waals surface area contributed by atoms with Gasteiger partial charge in [-0.3, -0.25) is 4.21 Å². The average molecular weight is 702 g/mol. The van der Waals surface area contributed by atoms with Gasteiger partial charge in [-0.1, -0.05) is 59.6 Å². The highest BCUT2D eigenvalue weighted by Crippen LogP contribution is 2.43. The van der Waals surface area contributed by atoms with E-state index in [0.717, 1.165) is 6.26 Å². The van der Waals surface area contributed by atoms with E-state index in [1.165, 1.54) is 18.2 Å². The van der Waals surface area contributed by atoms with Crippen LogP contribution in [0.15, 0.2) is 123 Å². The molecule has 0 aromatic heterocycles. The maximum Gasteiger partial charge on any atom is 0.209 e. The smallest absolute Gasteiger partial charge is 0.209 e. The fraction of sp³-hybridized carbons (Fsp3) is 0.114. The van der Waals surface area contributed by atoms with Crippen molar-refractivity contribution in [2.24, 2.45) is 0 Å². The summed E-state index contributed by atoms with van der Waals surface area (Å²) < 4.78 is 93.9. The highest BCUT2D eigenvalue weighted by atomic mass is 32.2. The molecule has 0 saturated carbocycles. The van der Waals surface area contributed by atoms with Crippen molar-refractivity contribution >= 4 is 59.1 Å². The summed E-state index contributed by atoms with van der Waals surface area (Å²) in [6, 6.07) is 30.3. The Morgan fingerprint density at radius 1 is 0.812 bits per heavy atom. The Morgan fingerprint density at radius 2 is 1.48 bits per heavy atom. The SMILES string of the molecule is CN(c1ccc2c(-c3ccccc3S(=O)(=O)[O-])c3ccc(=[N+](C)c4ccccc4CS(=O)[O-])cc-3oc2c1)c1ccccc1S(C)(=O)=O. The van der Waals surface area contributed by atoms with Crippen molar-refractivity contribution in [1.82, 2.24) is 4.58 Å². The minimum absolute atomic E-state index is 0.145. The van der Waals surface area contributed by atoms with E-state index >= 15 is 0 Å². The number of hydrogen-bond donors (Lipinski definition) is 0. The molecular weight excluding hydrogens is 673 g/mol. The normalized spacial score (nSPS) is 13.4. The van der Waals surface area contributed by atoms with Crippen molar-refractivity contribution in [3.63, 3.8) is 0 Å². The van der Waals surface area contributed by atoms with Gasteiger partial charge in [0.15, 0.2) is 9.84 Å². The highest BCUT2D eigenvalue weighted by molar-refractivity contribution is 7.90. The lowest BCUT2D eigenvalue weighted by Crippen LogP contribution is -2.22. The van der Waals surface area contributed by atoms with Crippen molar-refractivity contribution in [2.75, 3.05) is 25.3 Å². The molecule has 6 rings (SSSR count). The molecule has 1 aliphatic carbocycles. The van der Waals surface area contributed by atoms with Crippen LogP contribution >= 0.6 is 0 Å². The Balaban J connectivity index is 1.65. The molecule has 10 nitrogen and oxygen atoms in total. The van der Waals surface area contributed by atoms with Crippen LogP contribution in [0.2, 0.25) is 0 Å². The number of anilines is 2. The lowest BCUT2D eigenvalue weighted by molar-refractivity contribution is 0.463. The molecule has 246 valence electrons. The highest BCUT2D eigenvalue weighted by Gasteiger charge is 2.24. The first-order valence-corrected chi connectivity index (χ1v) is 19.1. The largest absolute Gasteiger partial charge is 0.772 e. The second-order valence-electron chi connectivity index (χ2n) is 11.2. The minimum Gasteiger partial charge on any atom is -0.772 e. The Labute approximate surface area is 280 Å². The summed E-state index contributed by atoms with van der Waals surface area (Å²) >= 11 is -2.31. The molecule has 4 aromatic carbocycles. The predicted octanol–water partition coefficient (Wildman–Crippen LogP) is 5.39. The summed E-state index contributed by atoms with van der Waals surface area (Å²) in [5, 5.41) is 1.18. The minimum atomic E-state index is -4.87. The second-order valence-corrected chi connectivity index (χ2v) is 15.5. The van der Waals surface area contributed by atoms with Crippen LogP contribution in [0, 0.1) is 0 Å². The summed E-state index contributed by atoms with van der Waals surface area (Å²) in [5.41, 5.74) is 3.84. The number of hydrogen-bond acceptors (Lipinski definition) is 9. The van der Waals surface area contributed by atoms with Crippen LogP contribution in [0.4, 0.5) is 17.1 Å². The summed E-state index contributed by atoms with van der Waals surface area (Å²) in [7, 11) is -4.91. The van der Waals surface area contributed by atoms with Gasteiger partial charge in [-0.25, -0.2) is 16.8 Å². The van der Waals surface area contributed by atoms with E-state index in [4.69, 9.17) is 4.42 Å². The Kier molecular flexibility index (Phi) is 8.83. The van der Waals surface area contributed by atoms with E-state index in [-0.39, 0.29) is 21.1 Å². The zero-order valence-corrected chi connectivity index (χ0v) is 28.4. The molecule has 4 aromatic rings. The Hall–Kier alpha value is -4.66. The van der Waals surface area contributed by atoms with Gasteiger partial charge in [0.25, 0.3) is 0 Å². The van der Waals surface area contributed by atoms with E-state index in [9.17, 15) is 30.1 Å².